The van der Waals surface area contributed by atoms with Crippen molar-refractivity contribution in [2.45, 2.75) is 44.7 Å². The number of hydrogen-bond acceptors (Lipinski definition) is 5. The van der Waals surface area contributed by atoms with E-state index in [9.17, 15) is 0 Å². The van der Waals surface area contributed by atoms with Gasteiger partial charge in [-0.25, -0.2) is 4.98 Å². The van der Waals surface area contributed by atoms with Crippen LogP contribution in [0.3, 0.4) is 0 Å². The van der Waals surface area contributed by atoms with Crippen molar-refractivity contribution in [1.82, 2.24) is 14.9 Å². The standard InChI is InChI=1S/C26H30N4.C7H9N.HOP/c1-18(23-14-24(23)19-7-5-4-6-8-19)30(16-22-15-28-17-29(22)3)21-11-9-20-10-12-26(27-2)25(20)13-21;1-6-2-4-7(8)5-3-6;1-2/h4-9,11,13,15,17,23-24,26-27H,1,10,12,14,16H2,2-3H3;2-5H,8H2,1H3;2H. The van der Waals surface area contributed by atoms with Crippen LogP contribution in [0.2, 0.25) is 0 Å². The van der Waals surface area contributed by atoms with Crippen LogP contribution >= 0.6 is 9.12 Å². The third-order valence-corrected chi connectivity index (χ3v) is 7.97. The number of nitrogens with two attached hydrogens (primary N) is 1. The number of anilines is 2. The Morgan fingerprint density at radius 1 is 1.12 bits per heavy atom. The lowest BCUT2D eigenvalue weighted by atomic mass is 10.0. The molecular formula is C33H40N5OP. The molecule has 3 aromatic carbocycles. The molecule has 0 aliphatic heterocycles. The van der Waals surface area contributed by atoms with E-state index in [-0.39, 0.29) is 0 Å². The van der Waals surface area contributed by atoms with Crippen molar-refractivity contribution in [3.05, 3.63) is 126 Å². The van der Waals surface area contributed by atoms with Crippen molar-refractivity contribution in [2.24, 2.45) is 13.0 Å². The van der Waals surface area contributed by atoms with Gasteiger partial charge < -0.3 is 20.5 Å². The molecule has 4 aromatic rings. The highest BCUT2D eigenvalue weighted by molar-refractivity contribution is 7.00. The molecule has 0 radical (unpaired) electrons. The summed E-state index contributed by atoms with van der Waals surface area (Å²) in [6.45, 7) is 7.42. The number of nitrogens with zero attached hydrogens (tertiary/aromatic N) is 3. The number of nitrogen functional groups attached to an aromatic ring is 1. The minimum absolute atomic E-state index is 0.449. The molecule has 1 fully saturated rings. The summed E-state index contributed by atoms with van der Waals surface area (Å²) in [6, 6.07) is 26.1. The molecule has 7 heteroatoms. The minimum atomic E-state index is 0.449. The summed E-state index contributed by atoms with van der Waals surface area (Å²) >= 11 is 0. The monoisotopic (exact) mass is 553 g/mol. The number of hydrogen-bond donors (Lipinski definition) is 2. The van der Waals surface area contributed by atoms with Crippen molar-refractivity contribution in [2.75, 3.05) is 17.7 Å². The van der Waals surface area contributed by atoms with E-state index in [1.165, 1.54) is 52.2 Å². The first-order chi connectivity index (χ1) is 19.4. The topological polar surface area (TPSA) is 76.2 Å². The van der Waals surface area contributed by atoms with Crippen LogP contribution in [-0.4, -0.2) is 16.6 Å². The van der Waals surface area contributed by atoms with Crippen LogP contribution in [0.4, 0.5) is 11.4 Å². The molecule has 3 unspecified atom stereocenters. The first-order valence-electron chi connectivity index (χ1n) is 13.7. The number of rotatable bonds is 7. The maximum atomic E-state index is 8.06. The molecule has 2 aliphatic rings. The van der Waals surface area contributed by atoms with Gasteiger partial charge in [0.05, 0.1) is 18.6 Å². The van der Waals surface area contributed by atoms with E-state index in [0.29, 0.717) is 17.9 Å². The number of fused-ring (bicyclic) bond motifs is 1. The van der Waals surface area contributed by atoms with Crippen molar-refractivity contribution in [3.63, 3.8) is 0 Å². The molecule has 40 heavy (non-hydrogen) atoms. The van der Waals surface area contributed by atoms with Crippen LogP contribution < -0.4 is 16.0 Å². The smallest absolute Gasteiger partial charge is 0.138 e. The van der Waals surface area contributed by atoms with E-state index in [1.54, 1.807) is 9.12 Å². The Bertz CT molecular complexity index is 1380. The van der Waals surface area contributed by atoms with Crippen molar-refractivity contribution >= 4 is 20.5 Å². The van der Waals surface area contributed by atoms with Gasteiger partial charge in [0.1, 0.15) is 9.12 Å². The van der Waals surface area contributed by atoms with Gasteiger partial charge in [0, 0.05) is 42.3 Å². The molecule has 6 nitrogen and oxygen atoms in total. The Labute approximate surface area is 240 Å². The largest absolute Gasteiger partial charge is 0.399 e. The van der Waals surface area contributed by atoms with Gasteiger partial charge in [0.25, 0.3) is 0 Å². The molecule has 3 N–H and O–H groups in total. The first-order valence-corrected chi connectivity index (χ1v) is 14.1. The van der Waals surface area contributed by atoms with Gasteiger partial charge in [-0.3, -0.25) is 4.57 Å². The number of aryl methyl sites for hydroxylation is 3. The minimum Gasteiger partial charge on any atom is -0.399 e. The van der Waals surface area contributed by atoms with Crippen LogP contribution in [0.25, 0.3) is 0 Å². The average molecular weight is 554 g/mol. The van der Waals surface area contributed by atoms with Crippen molar-refractivity contribution in [1.29, 1.82) is 0 Å². The third-order valence-electron chi connectivity index (χ3n) is 7.97. The summed E-state index contributed by atoms with van der Waals surface area (Å²) in [4.78, 5) is 6.74. The summed E-state index contributed by atoms with van der Waals surface area (Å²) in [7, 11) is 5.85. The highest BCUT2D eigenvalue weighted by atomic mass is 31.0. The SMILES string of the molecule is C=C(C1CC1c1ccccc1)N(Cc1cncn1C)c1ccc2c(c1)C(NC)CC2.Cc1ccc(N)cc1.O=P. The lowest BCUT2D eigenvalue weighted by Crippen LogP contribution is -2.24. The number of allylic oxidation sites excluding steroid dienone is 1. The molecule has 2 aliphatic carbocycles. The summed E-state index contributed by atoms with van der Waals surface area (Å²) < 4.78 is 10.2. The molecule has 1 saturated carbocycles. The molecule has 0 bridgehead atoms. The van der Waals surface area contributed by atoms with Gasteiger partial charge in [0.2, 0.25) is 0 Å². The zero-order chi connectivity index (χ0) is 28.6. The Hall–Kier alpha value is -3.73. The normalized spacial score (nSPS) is 18.4. The fourth-order valence-electron chi connectivity index (χ4n) is 5.51. The van der Waals surface area contributed by atoms with Gasteiger partial charge in [-0.15, -0.1) is 0 Å². The van der Waals surface area contributed by atoms with E-state index < -0.39 is 0 Å². The Balaban J connectivity index is 0.000000316. The van der Waals surface area contributed by atoms with E-state index in [2.05, 4.69) is 89.0 Å². The quantitative estimate of drug-likeness (QED) is 0.190. The van der Waals surface area contributed by atoms with Crippen LogP contribution in [0.15, 0.2) is 97.6 Å². The van der Waals surface area contributed by atoms with Crippen LogP contribution in [0.5, 0.6) is 0 Å². The molecular weight excluding hydrogens is 513 g/mol. The van der Waals surface area contributed by atoms with Gasteiger partial charge in [-0.1, -0.05) is 60.7 Å². The van der Waals surface area contributed by atoms with Gasteiger partial charge in [-0.2, -0.15) is 0 Å². The lowest BCUT2D eigenvalue weighted by Gasteiger charge is -2.28. The van der Waals surface area contributed by atoms with Crippen molar-refractivity contribution in [3.8, 4) is 0 Å². The first kappa shape index (κ1) is 29.3. The number of imidazole rings is 1. The molecule has 1 heterocycles. The number of nitrogens with one attached hydrogen (secondary N) is 1. The zero-order valence-electron chi connectivity index (χ0n) is 23.7. The third kappa shape index (κ3) is 6.88. The second-order valence-corrected chi connectivity index (χ2v) is 10.6. The van der Waals surface area contributed by atoms with Crippen molar-refractivity contribution < 1.29 is 4.57 Å². The molecule has 208 valence electrons. The number of aromatic nitrogens is 2. The maximum Gasteiger partial charge on any atom is 0.138 e. The molecule has 1 aromatic heterocycles. The molecule has 0 spiro atoms. The van der Waals surface area contributed by atoms with E-state index in [4.69, 9.17) is 10.3 Å². The van der Waals surface area contributed by atoms with Crippen LogP contribution in [-0.2, 0) is 24.6 Å². The Morgan fingerprint density at radius 2 is 1.85 bits per heavy atom. The highest BCUT2D eigenvalue weighted by Gasteiger charge is 2.42. The van der Waals surface area contributed by atoms with Gasteiger partial charge >= 0.3 is 0 Å². The highest BCUT2D eigenvalue weighted by Crippen LogP contribution is 2.53. The number of benzene rings is 3. The van der Waals surface area contributed by atoms with E-state index >= 15 is 0 Å². The Morgan fingerprint density at radius 3 is 2.48 bits per heavy atom. The molecule has 3 atom stereocenters. The van der Waals surface area contributed by atoms with E-state index in [0.717, 1.165) is 18.7 Å². The fourth-order valence-corrected chi connectivity index (χ4v) is 5.51. The lowest BCUT2D eigenvalue weighted by molar-refractivity contribution is 0.590. The fraction of sp³-hybridized carbons (Fsp3) is 0.303. The van der Waals surface area contributed by atoms with Gasteiger partial charge in [-0.05, 0) is 80.1 Å². The zero-order valence-corrected chi connectivity index (χ0v) is 24.7. The second-order valence-electron chi connectivity index (χ2n) is 10.6. The summed E-state index contributed by atoms with van der Waals surface area (Å²) in [5.41, 5.74) is 15.5. The predicted octanol–water partition coefficient (Wildman–Crippen LogP) is 7.00. The predicted molar refractivity (Wildman–Crippen MR) is 167 cm³/mol. The molecule has 0 saturated heterocycles. The summed E-state index contributed by atoms with van der Waals surface area (Å²) in [5.74, 6) is 1.07. The van der Waals surface area contributed by atoms with E-state index in [1.807, 2.05) is 43.7 Å². The average Bonchev–Trinajstić information content (AvgIpc) is 3.54. The molecule has 6 rings (SSSR count). The second kappa shape index (κ2) is 13.6. The maximum absolute atomic E-state index is 8.06. The molecule has 0 amide bonds. The Kier molecular flexibility index (Phi) is 9.92. The van der Waals surface area contributed by atoms with Crippen LogP contribution in [0, 0.1) is 12.8 Å². The summed E-state index contributed by atoms with van der Waals surface area (Å²) in [5, 5.41) is 3.48. The van der Waals surface area contributed by atoms with Gasteiger partial charge in [0.15, 0.2) is 0 Å². The summed E-state index contributed by atoms with van der Waals surface area (Å²) in [6.07, 6.45) is 7.35. The van der Waals surface area contributed by atoms with Crippen LogP contribution in [0.1, 0.15) is 52.7 Å².